The lowest BCUT2D eigenvalue weighted by atomic mass is 10.2. The summed E-state index contributed by atoms with van der Waals surface area (Å²) >= 11 is 0. The summed E-state index contributed by atoms with van der Waals surface area (Å²) in [5.41, 5.74) is 0. The summed E-state index contributed by atoms with van der Waals surface area (Å²) in [4.78, 5) is 0. The molecule has 0 unspecified atom stereocenters. The fourth-order valence-corrected chi connectivity index (χ4v) is 24.4. The van der Waals surface area contributed by atoms with Gasteiger partial charge in [-0.1, -0.05) is 88.1 Å². The second-order valence-corrected chi connectivity index (χ2v) is 23.4. The van der Waals surface area contributed by atoms with Crippen molar-refractivity contribution >= 4 is 16.6 Å². The first kappa shape index (κ1) is 18.4. The summed E-state index contributed by atoms with van der Waals surface area (Å²) in [5, 5.41) is 2.02. The third-order valence-corrected chi connectivity index (χ3v) is 28.2. The molecule has 0 saturated heterocycles. The zero-order chi connectivity index (χ0) is 15.2. The maximum atomic E-state index is 2.52. The van der Waals surface area contributed by atoms with Crippen LogP contribution in [0.4, 0.5) is 0 Å². The van der Waals surface area contributed by atoms with E-state index in [9.17, 15) is 0 Å². The van der Waals surface area contributed by atoms with Crippen LogP contribution in [-0.4, -0.2) is 16.6 Å². The van der Waals surface area contributed by atoms with E-state index in [2.05, 4.69) is 83.1 Å². The van der Waals surface area contributed by atoms with E-state index in [1.54, 1.807) is 0 Å². The summed E-state index contributed by atoms with van der Waals surface area (Å²) in [7, 11) is -1.51. The Morgan fingerprint density at radius 3 is 0.778 bits per heavy atom. The molecule has 0 spiro atoms. The number of hydrogen-bond donors (Lipinski definition) is 0. The minimum Gasteiger partial charge on any atom is -0.0634 e. The van der Waals surface area contributed by atoms with Crippen molar-refractivity contribution in [3.05, 3.63) is 0 Å². The van der Waals surface area contributed by atoms with Crippen LogP contribution in [0, 0.1) is 0 Å². The van der Waals surface area contributed by atoms with Crippen LogP contribution in [0.25, 0.3) is 0 Å². The van der Waals surface area contributed by atoms with Crippen LogP contribution in [0.3, 0.4) is 0 Å². The van der Waals surface area contributed by atoms with Crippen molar-refractivity contribution < 1.29 is 0 Å². The molecule has 0 aliphatic carbocycles. The maximum absolute atomic E-state index is 2.52. The highest BCUT2D eigenvalue weighted by atomic mass is 29.2. The predicted molar refractivity (Wildman–Crippen MR) is 93.2 cm³/mol. The van der Waals surface area contributed by atoms with E-state index < -0.39 is 7.59 Å². The van der Waals surface area contributed by atoms with Gasteiger partial charge in [0.1, 0.15) is 0 Å². The van der Waals surface area contributed by atoms with Gasteiger partial charge >= 0.3 is 0 Å². The van der Waals surface area contributed by atoms with E-state index in [1.165, 1.54) is 0 Å². The molecule has 110 valence electrons. The molecule has 0 rings (SSSR count). The Morgan fingerprint density at radius 2 is 0.722 bits per heavy atom. The smallest absolute Gasteiger partial charge is 0.0566 e. The van der Waals surface area contributed by atoms with E-state index in [-0.39, 0.29) is 9.04 Å². The van der Waals surface area contributed by atoms with Crippen molar-refractivity contribution in [1.82, 2.24) is 0 Å². The molecule has 0 aromatic heterocycles. The van der Waals surface area contributed by atoms with Gasteiger partial charge in [0.25, 0.3) is 0 Å². The van der Waals surface area contributed by atoms with Crippen molar-refractivity contribution in [2.45, 2.75) is 103 Å². The predicted octanol–water partition coefficient (Wildman–Crippen LogP) is 5.72. The molecule has 0 heterocycles. The van der Waals surface area contributed by atoms with Gasteiger partial charge in [-0.3, -0.25) is 0 Å². The van der Waals surface area contributed by atoms with Gasteiger partial charge in [-0.05, 0) is 15.1 Å². The average molecular weight is 287 g/mol. The van der Waals surface area contributed by atoms with Crippen molar-refractivity contribution in [3.63, 3.8) is 0 Å². The first-order valence-electron chi connectivity index (χ1n) is 7.46. The van der Waals surface area contributed by atoms with E-state index in [0.29, 0.717) is 20.2 Å². The van der Waals surface area contributed by atoms with Gasteiger partial charge in [-0.25, -0.2) is 0 Å². The minimum absolute atomic E-state index is 0.117. The highest BCUT2D eigenvalue weighted by Gasteiger charge is 2.60. The summed E-state index contributed by atoms with van der Waals surface area (Å²) < 4.78 is 0. The standard InChI is InChI=1S/C16H38Si2/c1-13(2,3)17-18(14(4,5)6,15(7,8)9)16(10,11)12/h17H2,1-12H3. The van der Waals surface area contributed by atoms with Gasteiger partial charge in [0, 0.05) is 9.04 Å². The Balaban J connectivity index is 6.10. The zero-order valence-electron chi connectivity index (χ0n) is 15.2. The molecule has 0 N–H and O–H groups in total. The van der Waals surface area contributed by atoms with Crippen LogP contribution >= 0.6 is 0 Å². The van der Waals surface area contributed by atoms with Crippen molar-refractivity contribution in [1.29, 1.82) is 0 Å². The Hall–Kier alpha value is 0.434. The summed E-state index contributed by atoms with van der Waals surface area (Å²) in [6, 6.07) is 0. The number of hydrogen-bond acceptors (Lipinski definition) is 0. The van der Waals surface area contributed by atoms with Crippen LogP contribution in [0.5, 0.6) is 0 Å². The SMILES string of the molecule is CC(C)(C)[SiH2][Si](C(C)(C)C)(C(C)(C)C)C(C)(C)C. The molecule has 2 heteroatoms. The molecule has 0 radical (unpaired) electrons. The fourth-order valence-electron chi connectivity index (χ4n) is 4.97. The molecule has 0 fully saturated rings. The first-order valence-corrected chi connectivity index (χ1v) is 12.5. The topological polar surface area (TPSA) is 0 Å². The van der Waals surface area contributed by atoms with Crippen LogP contribution in [0.1, 0.15) is 83.1 Å². The van der Waals surface area contributed by atoms with Crippen LogP contribution in [0.15, 0.2) is 0 Å². The quantitative estimate of drug-likeness (QED) is 0.541. The van der Waals surface area contributed by atoms with Crippen LogP contribution < -0.4 is 0 Å². The summed E-state index contributed by atoms with van der Waals surface area (Å²) in [6.07, 6.45) is 0. The van der Waals surface area contributed by atoms with Gasteiger partial charge < -0.3 is 0 Å². The molecule has 0 saturated carbocycles. The molecule has 0 aromatic carbocycles. The van der Waals surface area contributed by atoms with Gasteiger partial charge in [-0.2, -0.15) is 0 Å². The Morgan fingerprint density at radius 1 is 0.500 bits per heavy atom. The summed E-state index contributed by atoms with van der Waals surface area (Å²) in [6.45, 7) is 30.1. The molecule has 0 amide bonds. The molecule has 0 aromatic rings. The first-order chi connectivity index (χ1) is 7.46. The lowest BCUT2D eigenvalue weighted by Crippen LogP contribution is -2.64. The second-order valence-electron chi connectivity index (χ2n) is 10.4. The van der Waals surface area contributed by atoms with E-state index in [1.807, 2.05) is 0 Å². The second kappa shape index (κ2) is 4.77. The molecule has 18 heavy (non-hydrogen) atoms. The Labute approximate surface area is 120 Å². The lowest BCUT2D eigenvalue weighted by molar-refractivity contribution is 0.551. The van der Waals surface area contributed by atoms with Crippen LogP contribution in [-0.2, 0) is 0 Å². The van der Waals surface area contributed by atoms with E-state index >= 15 is 0 Å². The zero-order valence-corrected chi connectivity index (χ0v) is 17.6. The molecule has 0 bridgehead atoms. The molecule has 0 nitrogen and oxygen atoms in total. The molecule has 0 aliphatic rings. The number of rotatable bonds is 1. The molecule has 0 atom stereocenters. The fraction of sp³-hybridized carbons (Fsp3) is 1.00. The van der Waals surface area contributed by atoms with Gasteiger partial charge in [0.2, 0.25) is 0 Å². The van der Waals surface area contributed by atoms with Crippen LogP contribution in [0.2, 0.25) is 20.2 Å². The van der Waals surface area contributed by atoms with Crippen molar-refractivity contribution in [3.8, 4) is 0 Å². The van der Waals surface area contributed by atoms with Gasteiger partial charge in [-0.15, -0.1) is 0 Å². The molecular formula is C16H38Si2. The highest BCUT2D eigenvalue weighted by Crippen LogP contribution is 2.62. The van der Waals surface area contributed by atoms with Gasteiger partial charge in [0.05, 0.1) is 7.59 Å². The third kappa shape index (κ3) is 3.50. The minimum atomic E-state index is -1.40. The largest absolute Gasteiger partial charge is 0.0634 e. The Kier molecular flexibility index (Phi) is 4.88. The highest BCUT2D eigenvalue weighted by molar-refractivity contribution is 7.29. The third-order valence-electron chi connectivity index (χ3n) is 4.64. The normalized spacial score (nSPS) is 16.7. The molecular weight excluding hydrogens is 248 g/mol. The molecule has 0 aliphatic heterocycles. The van der Waals surface area contributed by atoms with Crippen molar-refractivity contribution in [2.24, 2.45) is 0 Å². The van der Waals surface area contributed by atoms with Crippen molar-refractivity contribution in [2.75, 3.05) is 0 Å². The monoisotopic (exact) mass is 286 g/mol. The summed E-state index contributed by atoms with van der Waals surface area (Å²) in [5.74, 6) is 0. The van der Waals surface area contributed by atoms with E-state index in [0.717, 1.165) is 0 Å². The average Bonchev–Trinajstić information content (AvgIpc) is 1.90. The Bertz CT molecular complexity index is 240. The lowest BCUT2D eigenvalue weighted by Gasteiger charge is -2.61. The van der Waals surface area contributed by atoms with Gasteiger partial charge in [0.15, 0.2) is 0 Å². The maximum Gasteiger partial charge on any atom is 0.0566 e. The van der Waals surface area contributed by atoms with E-state index in [4.69, 9.17) is 0 Å².